The summed E-state index contributed by atoms with van der Waals surface area (Å²) in [5.41, 5.74) is 0.886. The number of carboxylic acids is 1. The van der Waals surface area contributed by atoms with Crippen molar-refractivity contribution in [3.05, 3.63) is 17.6 Å². The van der Waals surface area contributed by atoms with Crippen molar-refractivity contribution in [1.82, 2.24) is 9.97 Å². The van der Waals surface area contributed by atoms with Crippen LogP contribution in [0.1, 0.15) is 37.2 Å². The molecule has 1 heterocycles. The van der Waals surface area contributed by atoms with Gasteiger partial charge in [-0.05, 0) is 39.5 Å². The summed E-state index contributed by atoms with van der Waals surface area (Å²) >= 11 is 0. The normalized spacial score (nSPS) is 23.7. The maximum atomic E-state index is 10.8. The van der Waals surface area contributed by atoms with Crippen LogP contribution in [-0.4, -0.2) is 27.1 Å². The molecular weight excluding hydrogens is 232 g/mol. The van der Waals surface area contributed by atoms with Crippen LogP contribution in [0.2, 0.25) is 0 Å². The molecular formula is C13H18N2O3. The molecule has 0 unspecified atom stereocenters. The first kappa shape index (κ1) is 12.8. The number of aliphatic carboxylic acids is 1. The summed E-state index contributed by atoms with van der Waals surface area (Å²) in [7, 11) is 0. The average Bonchev–Trinajstić information content (AvgIpc) is 2.28. The van der Waals surface area contributed by atoms with E-state index in [0.29, 0.717) is 24.5 Å². The average molecular weight is 250 g/mol. The fourth-order valence-electron chi connectivity index (χ4n) is 2.34. The highest BCUT2D eigenvalue weighted by Gasteiger charge is 2.27. The molecule has 1 saturated carbocycles. The van der Waals surface area contributed by atoms with Crippen molar-refractivity contribution >= 4 is 5.97 Å². The van der Waals surface area contributed by atoms with E-state index in [9.17, 15) is 4.79 Å². The molecule has 0 atom stereocenters. The van der Waals surface area contributed by atoms with Gasteiger partial charge >= 0.3 is 5.97 Å². The number of hydrogen-bond donors (Lipinski definition) is 1. The van der Waals surface area contributed by atoms with Crippen LogP contribution in [0.15, 0.2) is 6.07 Å². The number of aromatic nitrogens is 2. The van der Waals surface area contributed by atoms with Crippen molar-refractivity contribution in [2.45, 2.75) is 45.6 Å². The molecule has 0 aliphatic heterocycles. The summed E-state index contributed by atoms with van der Waals surface area (Å²) in [6.07, 6.45) is 3.00. The molecule has 5 nitrogen and oxygen atoms in total. The minimum absolute atomic E-state index is 0.0781. The Morgan fingerprint density at radius 2 is 1.94 bits per heavy atom. The summed E-state index contributed by atoms with van der Waals surface area (Å²) in [6.45, 7) is 3.74. The molecule has 0 bridgehead atoms. The first-order valence-corrected chi connectivity index (χ1v) is 6.26. The third-order valence-corrected chi connectivity index (χ3v) is 3.25. The lowest BCUT2D eigenvalue weighted by molar-refractivity contribution is -0.143. The largest absolute Gasteiger partial charge is 0.481 e. The Bertz CT molecular complexity index is 420. The minimum atomic E-state index is -0.692. The van der Waals surface area contributed by atoms with E-state index in [-0.39, 0.29) is 12.0 Å². The minimum Gasteiger partial charge on any atom is -0.481 e. The van der Waals surface area contributed by atoms with E-state index in [1.165, 1.54) is 0 Å². The van der Waals surface area contributed by atoms with E-state index in [2.05, 4.69) is 9.97 Å². The molecule has 98 valence electrons. The molecule has 1 aromatic rings. The lowest BCUT2D eigenvalue weighted by Crippen LogP contribution is -2.28. The maximum absolute atomic E-state index is 10.8. The fraction of sp³-hybridized carbons (Fsp3) is 0.615. The van der Waals surface area contributed by atoms with Gasteiger partial charge in [-0.1, -0.05) is 0 Å². The highest BCUT2D eigenvalue weighted by molar-refractivity contribution is 5.70. The van der Waals surface area contributed by atoms with Crippen LogP contribution >= 0.6 is 0 Å². The van der Waals surface area contributed by atoms with Crippen molar-refractivity contribution in [3.63, 3.8) is 0 Å². The SMILES string of the molecule is Cc1cc(OC2CCC(C(=O)O)CC2)nc(C)n1. The van der Waals surface area contributed by atoms with E-state index in [1.54, 1.807) is 0 Å². The standard InChI is InChI=1S/C13H18N2O3/c1-8-7-12(15-9(2)14-8)18-11-5-3-10(4-6-11)13(16)17/h7,10-11H,3-6H2,1-2H3,(H,16,17). The topological polar surface area (TPSA) is 72.3 Å². The smallest absolute Gasteiger partial charge is 0.306 e. The van der Waals surface area contributed by atoms with Gasteiger partial charge in [0.2, 0.25) is 5.88 Å². The molecule has 18 heavy (non-hydrogen) atoms. The molecule has 1 aliphatic carbocycles. The zero-order chi connectivity index (χ0) is 13.1. The van der Waals surface area contributed by atoms with Crippen LogP contribution in [0.25, 0.3) is 0 Å². The molecule has 2 rings (SSSR count). The van der Waals surface area contributed by atoms with Gasteiger partial charge in [0.25, 0.3) is 0 Å². The number of carbonyl (C=O) groups is 1. The van der Waals surface area contributed by atoms with Gasteiger partial charge in [0.05, 0.1) is 5.92 Å². The molecule has 0 saturated heterocycles. The Morgan fingerprint density at radius 1 is 1.28 bits per heavy atom. The van der Waals surface area contributed by atoms with Gasteiger partial charge in [-0.2, -0.15) is 4.98 Å². The molecule has 1 N–H and O–H groups in total. The number of aryl methyl sites for hydroxylation is 2. The Labute approximate surface area is 106 Å². The van der Waals surface area contributed by atoms with Gasteiger partial charge in [0.1, 0.15) is 11.9 Å². The van der Waals surface area contributed by atoms with Gasteiger partial charge in [-0.25, -0.2) is 4.98 Å². The molecule has 1 aliphatic rings. The second-order valence-corrected chi connectivity index (χ2v) is 4.82. The van der Waals surface area contributed by atoms with Crippen molar-refractivity contribution < 1.29 is 14.6 Å². The second kappa shape index (κ2) is 5.33. The molecule has 0 aromatic carbocycles. The fourth-order valence-corrected chi connectivity index (χ4v) is 2.34. The quantitative estimate of drug-likeness (QED) is 0.889. The lowest BCUT2D eigenvalue weighted by Gasteiger charge is -2.26. The Morgan fingerprint density at radius 3 is 2.50 bits per heavy atom. The van der Waals surface area contributed by atoms with Crippen molar-refractivity contribution in [1.29, 1.82) is 0 Å². The van der Waals surface area contributed by atoms with Crippen LogP contribution in [-0.2, 0) is 4.79 Å². The Balaban J connectivity index is 1.93. The van der Waals surface area contributed by atoms with E-state index >= 15 is 0 Å². The highest BCUT2D eigenvalue weighted by Crippen LogP contribution is 2.27. The summed E-state index contributed by atoms with van der Waals surface area (Å²) in [5.74, 6) is 0.392. The van der Waals surface area contributed by atoms with E-state index < -0.39 is 5.97 Å². The molecule has 1 aromatic heterocycles. The van der Waals surface area contributed by atoms with Gasteiger partial charge < -0.3 is 9.84 Å². The highest BCUT2D eigenvalue weighted by atomic mass is 16.5. The van der Waals surface area contributed by atoms with Crippen molar-refractivity contribution in [2.75, 3.05) is 0 Å². The number of carboxylic acid groups (broad SMARTS) is 1. The lowest BCUT2D eigenvalue weighted by atomic mass is 9.87. The van der Waals surface area contributed by atoms with Crippen LogP contribution in [0.3, 0.4) is 0 Å². The molecule has 0 amide bonds. The van der Waals surface area contributed by atoms with Gasteiger partial charge in [-0.15, -0.1) is 0 Å². The third kappa shape index (κ3) is 3.18. The summed E-state index contributed by atoms with van der Waals surface area (Å²) in [4.78, 5) is 19.3. The number of hydrogen-bond acceptors (Lipinski definition) is 4. The third-order valence-electron chi connectivity index (χ3n) is 3.25. The summed E-state index contributed by atoms with van der Waals surface area (Å²) < 4.78 is 5.80. The monoisotopic (exact) mass is 250 g/mol. The molecule has 0 spiro atoms. The number of ether oxygens (including phenoxy) is 1. The Kier molecular flexibility index (Phi) is 3.79. The van der Waals surface area contributed by atoms with E-state index in [1.807, 2.05) is 19.9 Å². The van der Waals surface area contributed by atoms with E-state index in [4.69, 9.17) is 9.84 Å². The first-order chi connectivity index (χ1) is 8.54. The maximum Gasteiger partial charge on any atom is 0.306 e. The zero-order valence-corrected chi connectivity index (χ0v) is 10.7. The number of nitrogens with zero attached hydrogens (tertiary/aromatic N) is 2. The van der Waals surface area contributed by atoms with Crippen molar-refractivity contribution in [3.8, 4) is 5.88 Å². The van der Waals surface area contributed by atoms with Crippen LogP contribution in [0.4, 0.5) is 0 Å². The van der Waals surface area contributed by atoms with Crippen LogP contribution in [0, 0.1) is 19.8 Å². The summed E-state index contributed by atoms with van der Waals surface area (Å²) in [6, 6.07) is 1.82. The second-order valence-electron chi connectivity index (χ2n) is 4.82. The van der Waals surface area contributed by atoms with Gasteiger partial charge in [0, 0.05) is 11.8 Å². The first-order valence-electron chi connectivity index (χ1n) is 6.26. The van der Waals surface area contributed by atoms with E-state index in [0.717, 1.165) is 18.5 Å². The van der Waals surface area contributed by atoms with Crippen LogP contribution < -0.4 is 4.74 Å². The zero-order valence-electron chi connectivity index (χ0n) is 10.7. The van der Waals surface area contributed by atoms with Crippen LogP contribution in [0.5, 0.6) is 5.88 Å². The summed E-state index contributed by atoms with van der Waals surface area (Å²) in [5, 5.41) is 8.93. The van der Waals surface area contributed by atoms with Gasteiger partial charge in [0.15, 0.2) is 0 Å². The predicted octanol–water partition coefficient (Wildman–Crippen LogP) is 2.12. The molecule has 5 heteroatoms. The number of rotatable bonds is 3. The van der Waals surface area contributed by atoms with Gasteiger partial charge in [-0.3, -0.25) is 4.79 Å². The van der Waals surface area contributed by atoms with Crippen molar-refractivity contribution in [2.24, 2.45) is 5.92 Å². The predicted molar refractivity (Wildman–Crippen MR) is 65.5 cm³/mol. The molecule has 0 radical (unpaired) electrons. The molecule has 1 fully saturated rings. The Hall–Kier alpha value is -1.65.